The normalized spacial score (nSPS) is 25.3. The Kier molecular flexibility index (Phi) is 4.76. The van der Waals surface area contributed by atoms with E-state index < -0.39 is 0 Å². The maximum Gasteiger partial charge on any atom is 0.242 e. The number of anilines is 1. The molecule has 2 fully saturated rings. The average molecular weight is 317 g/mol. The van der Waals surface area contributed by atoms with Crippen molar-refractivity contribution in [2.75, 3.05) is 44.7 Å². The van der Waals surface area contributed by atoms with Gasteiger partial charge in [0, 0.05) is 26.2 Å². The molecule has 2 aliphatic rings. The number of hydrogen-bond acceptors (Lipinski definition) is 4. The van der Waals surface area contributed by atoms with Crippen LogP contribution < -0.4 is 15.0 Å². The lowest BCUT2D eigenvalue weighted by molar-refractivity contribution is -0.139. The predicted molar refractivity (Wildman–Crippen MR) is 92.0 cm³/mol. The van der Waals surface area contributed by atoms with Gasteiger partial charge in [-0.25, -0.2) is 0 Å². The van der Waals surface area contributed by atoms with Crippen LogP contribution in [0.3, 0.4) is 0 Å². The number of piperidine rings is 1. The summed E-state index contributed by atoms with van der Waals surface area (Å²) in [7, 11) is 1.70. The number of benzene rings is 1. The number of ether oxygens (including phenoxy) is 1. The van der Waals surface area contributed by atoms with Crippen molar-refractivity contribution in [3.8, 4) is 5.75 Å². The molecule has 1 unspecified atom stereocenters. The number of methoxy groups -OCH3 is 1. The maximum absolute atomic E-state index is 12.9. The van der Waals surface area contributed by atoms with E-state index in [1.54, 1.807) is 7.11 Å². The first-order valence-electron chi connectivity index (χ1n) is 8.56. The number of nitrogens with zero attached hydrogens (tertiary/aromatic N) is 2. The number of rotatable bonds is 3. The third kappa shape index (κ3) is 3.29. The molecule has 2 aliphatic heterocycles. The Bertz CT molecular complexity index is 547. The van der Waals surface area contributed by atoms with E-state index in [1.165, 1.54) is 6.42 Å². The van der Waals surface area contributed by atoms with Crippen molar-refractivity contribution in [1.82, 2.24) is 10.2 Å². The van der Waals surface area contributed by atoms with Gasteiger partial charge in [-0.05, 0) is 44.9 Å². The summed E-state index contributed by atoms with van der Waals surface area (Å²) in [5.74, 6) is 1.16. The smallest absolute Gasteiger partial charge is 0.242 e. The topological polar surface area (TPSA) is 44.8 Å². The van der Waals surface area contributed by atoms with Gasteiger partial charge in [-0.2, -0.15) is 0 Å². The zero-order valence-electron chi connectivity index (χ0n) is 14.2. The molecule has 0 saturated carbocycles. The molecular formula is C18H27N3O2. The molecule has 0 spiro atoms. The van der Waals surface area contributed by atoms with Crippen molar-refractivity contribution in [3.63, 3.8) is 0 Å². The van der Waals surface area contributed by atoms with Crippen LogP contribution in [-0.2, 0) is 4.79 Å². The molecule has 0 aromatic heterocycles. The fourth-order valence-corrected chi connectivity index (χ4v) is 3.63. The van der Waals surface area contributed by atoms with Crippen molar-refractivity contribution in [2.45, 2.75) is 31.7 Å². The number of para-hydroxylation sites is 2. The second-order valence-electron chi connectivity index (χ2n) is 6.67. The molecule has 5 heteroatoms. The Labute approximate surface area is 138 Å². The highest BCUT2D eigenvalue weighted by Crippen LogP contribution is 2.29. The molecule has 1 atom stereocenters. The summed E-state index contributed by atoms with van der Waals surface area (Å²) in [6.07, 6.45) is 3.25. The lowest BCUT2D eigenvalue weighted by Gasteiger charge is -2.42. The Morgan fingerprint density at radius 2 is 1.91 bits per heavy atom. The molecule has 126 valence electrons. The van der Waals surface area contributed by atoms with Gasteiger partial charge in [-0.15, -0.1) is 0 Å². The van der Waals surface area contributed by atoms with Crippen LogP contribution in [0.5, 0.6) is 5.75 Å². The van der Waals surface area contributed by atoms with Crippen LogP contribution >= 0.6 is 0 Å². The lowest BCUT2D eigenvalue weighted by Crippen LogP contribution is -2.61. The largest absolute Gasteiger partial charge is 0.495 e. The number of amides is 1. The molecule has 5 nitrogen and oxygen atoms in total. The fraction of sp³-hybridized carbons (Fsp3) is 0.611. The number of piperazine rings is 1. The SMILES string of the molecule is COc1ccccc1N1CCN(C(=O)C2(C)CCCCN2)CC1. The third-order valence-corrected chi connectivity index (χ3v) is 5.08. The van der Waals surface area contributed by atoms with Crippen LogP contribution in [0.4, 0.5) is 5.69 Å². The standard InChI is InChI=1S/C18H27N3O2/c1-18(9-5-6-10-19-18)17(22)21-13-11-20(12-14-21)15-7-3-4-8-16(15)23-2/h3-4,7-8,19H,5-6,9-14H2,1-2H3. The van der Waals surface area contributed by atoms with Gasteiger partial charge in [0.1, 0.15) is 5.75 Å². The minimum atomic E-state index is -0.370. The van der Waals surface area contributed by atoms with E-state index in [1.807, 2.05) is 23.1 Å². The van der Waals surface area contributed by atoms with Crippen molar-refractivity contribution < 1.29 is 9.53 Å². The van der Waals surface area contributed by atoms with Crippen molar-refractivity contribution >= 4 is 11.6 Å². The Morgan fingerprint density at radius 3 is 2.57 bits per heavy atom. The molecule has 1 N–H and O–H groups in total. The van der Waals surface area contributed by atoms with E-state index >= 15 is 0 Å². The Morgan fingerprint density at radius 1 is 1.17 bits per heavy atom. The second-order valence-corrected chi connectivity index (χ2v) is 6.67. The van der Waals surface area contributed by atoms with Gasteiger partial charge < -0.3 is 19.9 Å². The second kappa shape index (κ2) is 6.79. The molecule has 1 amide bonds. The van der Waals surface area contributed by atoms with Crippen LogP contribution in [0, 0.1) is 0 Å². The van der Waals surface area contributed by atoms with Gasteiger partial charge in [0.25, 0.3) is 0 Å². The summed E-state index contributed by atoms with van der Waals surface area (Å²) >= 11 is 0. The number of carbonyl (C=O) groups is 1. The number of carbonyl (C=O) groups excluding carboxylic acids is 1. The van der Waals surface area contributed by atoms with E-state index in [0.29, 0.717) is 0 Å². The zero-order valence-corrected chi connectivity index (χ0v) is 14.2. The van der Waals surface area contributed by atoms with Gasteiger partial charge in [0.2, 0.25) is 5.91 Å². The van der Waals surface area contributed by atoms with Gasteiger partial charge in [-0.3, -0.25) is 4.79 Å². The number of nitrogens with one attached hydrogen (secondary N) is 1. The maximum atomic E-state index is 12.9. The molecule has 0 radical (unpaired) electrons. The van der Waals surface area contributed by atoms with E-state index in [4.69, 9.17) is 4.74 Å². The summed E-state index contributed by atoms with van der Waals surface area (Å²) in [6.45, 7) is 6.25. The molecule has 23 heavy (non-hydrogen) atoms. The zero-order chi connectivity index (χ0) is 16.3. The molecule has 2 heterocycles. The number of hydrogen-bond donors (Lipinski definition) is 1. The van der Waals surface area contributed by atoms with Crippen molar-refractivity contribution in [3.05, 3.63) is 24.3 Å². The minimum absolute atomic E-state index is 0.261. The fourth-order valence-electron chi connectivity index (χ4n) is 3.63. The van der Waals surface area contributed by atoms with Gasteiger partial charge >= 0.3 is 0 Å². The minimum Gasteiger partial charge on any atom is -0.495 e. The van der Waals surface area contributed by atoms with E-state index in [-0.39, 0.29) is 11.4 Å². The predicted octanol–water partition coefficient (Wildman–Crippen LogP) is 1.88. The van der Waals surface area contributed by atoms with Crippen LogP contribution in [0.1, 0.15) is 26.2 Å². The summed E-state index contributed by atoms with van der Waals surface area (Å²) < 4.78 is 5.45. The first kappa shape index (κ1) is 16.1. The summed E-state index contributed by atoms with van der Waals surface area (Å²) in [5, 5.41) is 3.43. The molecular weight excluding hydrogens is 290 g/mol. The summed E-state index contributed by atoms with van der Waals surface area (Å²) in [6, 6.07) is 8.08. The highest BCUT2D eigenvalue weighted by atomic mass is 16.5. The molecule has 1 aromatic rings. The molecule has 0 aliphatic carbocycles. The van der Waals surface area contributed by atoms with Crippen molar-refractivity contribution in [1.29, 1.82) is 0 Å². The van der Waals surface area contributed by atoms with E-state index in [2.05, 4.69) is 23.2 Å². The average Bonchev–Trinajstić information content (AvgIpc) is 2.62. The Balaban J connectivity index is 1.63. The first-order chi connectivity index (χ1) is 11.1. The molecule has 2 saturated heterocycles. The molecule has 0 bridgehead atoms. The summed E-state index contributed by atoms with van der Waals surface area (Å²) in [5.41, 5.74) is 0.745. The van der Waals surface area contributed by atoms with Crippen LogP contribution in [-0.4, -0.2) is 56.2 Å². The van der Waals surface area contributed by atoms with E-state index in [9.17, 15) is 4.79 Å². The third-order valence-electron chi connectivity index (χ3n) is 5.08. The van der Waals surface area contributed by atoms with Gasteiger partial charge in [0.15, 0.2) is 0 Å². The highest BCUT2D eigenvalue weighted by Gasteiger charge is 2.38. The van der Waals surface area contributed by atoms with E-state index in [0.717, 1.165) is 57.0 Å². The lowest BCUT2D eigenvalue weighted by atomic mass is 9.89. The highest BCUT2D eigenvalue weighted by molar-refractivity contribution is 5.86. The quantitative estimate of drug-likeness (QED) is 0.924. The van der Waals surface area contributed by atoms with Crippen LogP contribution in [0.2, 0.25) is 0 Å². The molecule has 3 rings (SSSR count). The monoisotopic (exact) mass is 317 g/mol. The van der Waals surface area contributed by atoms with Gasteiger partial charge in [0.05, 0.1) is 18.3 Å². The van der Waals surface area contributed by atoms with Gasteiger partial charge in [-0.1, -0.05) is 12.1 Å². The van der Waals surface area contributed by atoms with Crippen LogP contribution in [0.25, 0.3) is 0 Å². The first-order valence-corrected chi connectivity index (χ1v) is 8.56. The Hall–Kier alpha value is -1.75. The van der Waals surface area contributed by atoms with Crippen LogP contribution in [0.15, 0.2) is 24.3 Å². The summed E-state index contributed by atoms with van der Waals surface area (Å²) in [4.78, 5) is 17.2. The van der Waals surface area contributed by atoms with Crippen molar-refractivity contribution in [2.24, 2.45) is 0 Å². The molecule has 1 aromatic carbocycles.